The molecule has 0 bridgehead atoms. The summed E-state index contributed by atoms with van der Waals surface area (Å²) >= 11 is 0. The van der Waals surface area contributed by atoms with E-state index in [2.05, 4.69) is 27.5 Å². The van der Waals surface area contributed by atoms with Crippen LogP contribution in [-0.2, 0) is 11.3 Å². The van der Waals surface area contributed by atoms with Crippen molar-refractivity contribution in [3.05, 3.63) is 35.5 Å². The lowest BCUT2D eigenvalue weighted by atomic mass is 9.79. The zero-order chi connectivity index (χ0) is 18.1. The first-order chi connectivity index (χ1) is 12.6. The molecular formula is C19H25BN4O2. The molecule has 1 aromatic carbocycles. The van der Waals surface area contributed by atoms with Crippen molar-refractivity contribution in [2.24, 2.45) is 5.92 Å². The molecule has 4 rings (SSSR count). The first-order valence-electron chi connectivity index (χ1n) is 9.38. The molecule has 0 saturated heterocycles. The van der Waals surface area contributed by atoms with E-state index in [1.165, 1.54) is 25.7 Å². The van der Waals surface area contributed by atoms with Gasteiger partial charge in [0.05, 0.1) is 6.61 Å². The number of nitrogens with zero attached hydrogens (tertiary/aromatic N) is 2. The molecule has 0 atom stereocenters. The topological polar surface area (TPSA) is 79.3 Å². The van der Waals surface area contributed by atoms with Crippen molar-refractivity contribution >= 4 is 30.0 Å². The van der Waals surface area contributed by atoms with Crippen molar-refractivity contribution in [2.75, 3.05) is 10.6 Å². The molecule has 0 spiro atoms. The van der Waals surface area contributed by atoms with Gasteiger partial charge >= 0.3 is 7.12 Å². The van der Waals surface area contributed by atoms with Crippen LogP contribution in [0.25, 0.3) is 0 Å². The van der Waals surface area contributed by atoms with Crippen LogP contribution in [0.4, 0.5) is 17.5 Å². The highest BCUT2D eigenvalue weighted by Gasteiger charge is 2.27. The highest BCUT2D eigenvalue weighted by Crippen LogP contribution is 2.27. The van der Waals surface area contributed by atoms with Gasteiger partial charge in [-0.05, 0) is 61.7 Å². The summed E-state index contributed by atoms with van der Waals surface area (Å²) < 4.78 is 5.24. The fourth-order valence-corrected chi connectivity index (χ4v) is 3.67. The maximum Gasteiger partial charge on any atom is 0.491 e. The Balaban J connectivity index is 1.48. The number of aromatic nitrogens is 2. The Morgan fingerprint density at radius 2 is 2.04 bits per heavy atom. The SMILES string of the molecule is Cc1cnc(Nc2ccc3c(c2)B(O)OC3)nc1NC1CCC(C)CC1. The molecule has 1 aliphatic heterocycles. The number of fused-ring (bicyclic) bond motifs is 1. The minimum absolute atomic E-state index is 0.450. The Morgan fingerprint density at radius 1 is 1.23 bits per heavy atom. The lowest BCUT2D eigenvalue weighted by Gasteiger charge is -2.27. The van der Waals surface area contributed by atoms with Gasteiger partial charge in [0, 0.05) is 23.5 Å². The molecule has 2 aliphatic rings. The van der Waals surface area contributed by atoms with Gasteiger partial charge in [-0.2, -0.15) is 4.98 Å². The van der Waals surface area contributed by atoms with Gasteiger partial charge in [0.25, 0.3) is 0 Å². The number of hydrogen-bond acceptors (Lipinski definition) is 6. The Kier molecular flexibility index (Phi) is 4.83. The molecule has 2 heterocycles. The first-order valence-corrected chi connectivity index (χ1v) is 9.38. The summed E-state index contributed by atoms with van der Waals surface area (Å²) in [6.45, 7) is 4.80. The maximum absolute atomic E-state index is 9.86. The van der Waals surface area contributed by atoms with E-state index >= 15 is 0 Å². The van der Waals surface area contributed by atoms with Crippen molar-refractivity contribution in [1.82, 2.24) is 9.97 Å². The van der Waals surface area contributed by atoms with Gasteiger partial charge in [-0.1, -0.05) is 13.0 Å². The highest BCUT2D eigenvalue weighted by atomic mass is 16.5. The summed E-state index contributed by atoms with van der Waals surface area (Å²) in [7, 11) is -0.850. The summed E-state index contributed by atoms with van der Waals surface area (Å²) in [5, 5.41) is 16.7. The minimum atomic E-state index is -0.850. The van der Waals surface area contributed by atoms with Gasteiger partial charge in [0.2, 0.25) is 5.95 Å². The maximum atomic E-state index is 9.86. The first kappa shape index (κ1) is 17.3. The molecule has 6 nitrogen and oxygen atoms in total. The fraction of sp³-hybridized carbons (Fsp3) is 0.474. The van der Waals surface area contributed by atoms with Crippen LogP contribution < -0.4 is 16.1 Å². The second kappa shape index (κ2) is 7.25. The van der Waals surface area contributed by atoms with E-state index in [1.54, 1.807) is 0 Å². The van der Waals surface area contributed by atoms with Crippen LogP contribution in [0.1, 0.15) is 43.7 Å². The van der Waals surface area contributed by atoms with E-state index in [9.17, 15) is 5.02 Å². The smallest absolute Gasteiger partial charge is 0.423 e. The van der Waals surface area contributed by atoms with Crippen LogP contribution in [0.2, 0.25) is 0 Å². The van der Waals surface area contributed by atoms with Crippen LogP contribution in [-0.4, -0.2) is 28.2 Å². The zero-order valence-corrected chi connectivity index (χ0v) is 15.3. The quantitative estimate of drug-likeness (QED) is 0.735. The van der Waals surface area contributed by atoms with Gasteiger partial charge in [-0.3, -0.25) is 0 Å². The molecule has 1 fully saturated rings. The largest absolute Gasteiger partial charge is 0.491 e. The van der Waals surface area contributed by atoms with Crippen LogP contribution >= 0.6 is 0 Å². The molecule has 0 radical (unpaired) electrons. The predicted molar refractivity (Wildman–Crippen MR) is 104 cm³/mol. The van der Waals surface area contributed by atoms with Gasteiger partial charge in [-0.25, -0.2) is 4.98 Å². The predicted octanol–water partition coefficient (Wildman–Crippen LogP) is 2.74. The summed E-state index contributed by atoms with van der Waals surface area (Å²) in [4.78, 5) is 9.06. The molecule has 1 aliphatic carbocycles. The molecule has 0 amide bonds. The third kappa shape index (κ3) is 3.69. The van der Waals surface area contributed by atoms with Crippen LogP contribution in [0.3, 0.4) is 0 Å². The number of aryl methyl sites for hydroxylation is 1. The number of rotatable bonds is 4. The van der Waals surface area contributed by atoms with Crippen LogP contribution in [0.5, 0.6) is 0 Å². The van der Waals surface area contributed by atoms with Crippen molar-refractivity contribution in [1.29, 1.82) is 0 Å². The number of hydrogen-bond donors (Lipinski definition) is 3. The van der Waals surface area contributed by atoms with E-state index < -0.39 is 7.12 Å². The molecule has 1 saturated carbocycles. The molecule has 3 N–H and O–H groups in total. The molecular weight excluding hydrogens is 327 g/mol. The summed E-state index contributed by atoms with van der Waals surface area (Å²) in [5.74, 6) is 2.28. The van der Waals surface area contributed by atoms with E-state index in [-0.39, 0.29) is 0 Å². The van der Waals surface area contributed by atoms with E-state index in [0.29, 0.717) is 18.6 Å². The number of anilines is 3. The van der Waals surface area contributed by atoms with Crippen molar-refractivity contribution in [3.63, 3.8) is 0 Å². The number of benzene rings is 1. The van der Waals surface area contributed by atoms with Crippen LogP contribution in [0, 0.1) is 12.8 Å². The third-order valence-corrected chi connectivity index (χ3v) is 5.39. The fourth-order valence-electron chi connectivity index (χ4n) is 3.67. The molecule has 7 heteroatoms. The van der Waals surface area contributed by atoms with Gasteiger partial charge in [0.1, 0.15) is 5.82 Å². The van der Waals surface area contributed by atoms with Crippen molar-refractivity contribution in [3.8, 4) is 0 Å². The van der Waals surface area contributed by atoms with Gasteiger partial charge < -0.3 is 20.3 Å². The van der Waals surface area contributed by atoms with Crippen molar-refractivity contribution < 1.29 is 9.68 Å². The van der Waals surface area contributed by atoms with E-state index in [4.69, 9.17) is 4.65 Å². The molecule has 1 aromatic heterocycles. The molecule has 0 unspecified atom stereocenters. The standard InChI is InChI=1S/C19H25BN4O2/c1-12-3-6-15(7-4-12)22-18-13(2)10-21-19(24-18)23-16-8-5-14-11-26-20(25)17(14)9-16/h5,8-10,12,15,25H,3-4,6-7,11H2,1-2H3,(H2,21,22,23,24). The Hall–Kier alpha value is -2.12. The van der Waals surface area contributed by atoms with E-state index in [0.717, 1.165) is 34.0 Å². The Morgan fingerprint density at radius 3 is 2.85 bits per heavy atom. The van der Waals surface area contributed by atoms with Gasteiger partial charge in [-0.15, -0.1) is 0 Å². The lowest BCUT2D eigenvalue weighted by Crippen LogP contribution is -2.28. The zero-order valence-electron chi connectivity index (χ0n) is 15.3. The lowest BCUT2D eigenvalue weighted by molar-refractivity contribution is 0.275. The Labute approximate surface area is 154 Å². The normalized spacial score (nSPS) is 22.2. The van der Waals surface area contributed by atoms with Gasteiger partial charge in [0.15, 0.2) is 0 Å². The second-order valence-electron chi connectivity index (χ2n) is 7.53. The average molecular weight is 352 g/mol. The summed E-state index contributed by atoms with van der Waals surface area (Å²) in [6, 6.07) is 6.30. The Bertz CT molecular complexity index is 793. The van der Waals surface area contributed by atoms with E-state index in [1.807, 2.05) is 31.3 Å². The minimum Gasteiger partial charge on any atom is -0.423 e. The summed E-state index contributed by atoms with van der Waals surface area (Å²) in [6.07, 6.45) is 6.76. The van der Waals surface area contributed by atoms with Crippen molar-refractivity contribution in [2.45, 2.75) is 52.2 Å². The third-order valence-electron chi connectivity index (χ3n) is 5.39. The average Bonchev–Trinajstić information content (AvgIpc) is 3.00. The highest BCUT2D eigenvalue weighted by molar-refractivity contribution is 6.61. The molecule has 26 heavy (non-hydrogen) atoms. The number of nitrogens with one attached hydrogen (secondary N) is 2. The molecule has 2 aromatic rings. The summed E-state index contributed by atoms with van der Waals surface area (Å²) in [5.41, 5.74) is 3.71. The second-order valence-corrected chi connectivity index (χ2v) is 7.53. The molecule has 136 valence electrons. The monoisotopic (exact) mass is 352 g/mol. The van der Waals surface area contributed by atoms with Crippen LogP contribution in [0.15, 0.2) is 24.4 Å².